The molecule has 0 aliphatic rings. The number of nitrogens with one attached hydrogen (secondary N) is 2. The van der Waals surface area contributed by atoms with Gasteiger partial charge in [-0.25, -0.2) is 0 Å². The summed E-state index contributed by atoms with van der Waals surface area (Å²) in [4.78, 5) is 25.7. The van der Waals surface area contributed by atoms with Crippen molar-refractivity contribution in [1.29, 1.82) is 0 Å². The molecule has 0 fully saturated rings. The Kier molecular flexibility index (Phi) is 4.95. The van der Waals surface area contributed by atoms with Crippen molar-refractivity contribution in [2.75, 3.05) is 5.32 Å². The molecule has 2 N–H and O–H groups in total. The van der Waals surface area contributed by atoms with Crippen LogP contribution in [0.5, 0.6) is 0 Å². The minimum atomic E-state index is -0.281. The zero-order valence-electron chi connectivity index (χ0n) is 13.9. The van der Waals surface area contributed by atoms with Crippen molar-refractivity contribution in [2.45, 2.75) is 13.0 Å². The molecular formula is C18H18N4O2S. The molecule has 25 heavy (non-hydrogen) atoms. The normalized spacial score (nSPS) is 11.8. The van der Waals surface area contributed by atoms with Gasteiger partial charge in [0, 0.05) is 23.6 Å². The number of aromatic nitrogens is 2. The molecule has 0 bridgehead atoms. The van der Waals surface area contributed by atoms with Crippen LogP contribution in [0.15, 0.2) is 53.9 Å². The predicted molar refractivity (Wildman–Crippen MR) is 97.8 cm³/mol. The molecule has 1 aromatic carbocycles. The zero-order valence-corrected chi connectivity index (χ0v) is 14.7. The number of carbonyl (C=O) groups is 2. The van der Waals surface area contributed by atoms with Crippen molar-refractivity contribution in [3.05, 3.63) is 70.0 Å². The highest BCUT2D eigenvalue weighted by molar-refractivity contribution is 7.10. The highest BCUT2D eigenvalue weighted by Gasteiger charge is 2.17. The van der Waals surface area contributed by atoms with E-state index in [2.05, 4.69) is 15.7 Å². The fourth-order valence-electron chi connectivity index (χ4n) is 2.35. The third kappa shape index (κ3) is 3.95. The summed E-state index contributed by atoms with van der Waals surface area (Å²) < 4.78 is 1.48. The van der Waals surface area contributed by atoms with Gasteiger partial charge in [0.1, 0.15) is 5.82 Å². The molecule has 0 saturated heterocycles. The van der Waals surface area contributed by atoms with E-state index in [0.717, 1.165) is 4.88 Å². The van der Waals surface area contributed by atoms with Gasteiger partial charge in [-0.2, -0.15) is 5.10 Å². The van der Waals surface area contributed by atoms with Crippen molar-refractivity contribution in [2.24, 2.45) is 7.05 Å². The van der Waals surface area contributed by atoms with Crippen molar-refractivity contribution >= 4 is 29.0 Å². The van der Waals surface area contributed by atoms with Crippen LogP contribution < -0.4 is 10.6 Å². The Balaban J connectivity index is 1.69. The van der Waals surface area contributed by atoms with E-state index in [0.29, 0.717) is 11.4 Å². The first-order chi connectivity index (χ1) is 12.0. The Morgan fingerprint density at radius 2 is 1.88 bits per heavy atom. The number of thiophene rings is 1. The van der Waals surface area contributed by atoms with Crippen molar-refractivity contribution in [1.82, 2.24) is 15.1 Å². The summed E-state index contributed by atoms with van der Waals surface area (Å²) >= 11 is 1.59. The fraction of sp³-hybridized carbons (Fsp3) is 0.167. The van der Waals surface area contributed by atoms with Gasteiger partial charge in [-0.3, -0.25) is 14.3 Å². The highest BCUT2D eigenvalue weighted by atomic mass is 32.1. The molecular weight excluding hydrogens is 336 g/mol. The van der Waals surface area contributed by atoms with Crippen LogP contribution in [0.3, 0.4) is 0 Å². The van der Waals surface area contributed by atoms with E-state index in [4.69, 9.17) is 0 Å². The number of anilines is 1. The molecule has 128 valence electrons. The lowest BCUT2D eigenvalue weighted by Gasteiger charge is -2.10. The van der Waals surface area contributed by atoms with Crippen LogP contribution in [0, 0.1) is 0 Å². The molecule has 1 atom stereocenters. The molecule has 0 aliphatic carbocycles. The van der Waals surface area contributed by atoms with E-state index in [9.17, 15) is 9.59 Å². The Morgan fingerprint density at radius 1 is 1.12 bits per heavy atom. The first kappa shape index (κ1) is 16.9. The van der Waals surface area contributed by atoms with E-state index in [1.807, 2.05) is 30.5 Å². The lowest BCUT2D eigenvalue weighted by Crippen LogP contribution is -2.26. The third-order valence-electron chi connectivity index (χ3n) is 3.71. The van der Waals surface area contributed by atoms with Crippen LogP contribution in [0.25, 0.3) is 0 Å². The molecule has 3 aromatic rings. The van der Waals surface area contributed by atoms with Crippen LogP contribution in [0.2, 0.25) is 0 Å². The molecule has 2 heterocycles. The number of nitrogens with zero attached hydrogens (tertiary/aromatic N) is 2. The van der Waals surface area contributed by atoms with E-state index in [1.165, 1.54) is 4.68 Å². The van der Waals surface area contributed by atoms with E-state index >= 15 is 0 Å². The minimum absolute atomic E-state index is 0.100. The number of aryl methyl sites for hydroxylation is 1. The molecule has 6 nitrogen and oxygen atoms in total. The van der Waals surface area contributed by atoms with Gasteiger partial charge in [0.15, 0.2) is 5.69 Å². The number of rotatable bonds is 5. The summed E-state index contributed by atoms with van der Waals surface area (Å²) in [6, 6.07) is 14.3. The Hall–Kier alpha value is -2.93. The van der Waals surface area contributed by atoms with Gasteiger partial charge < -0.3 is 10.6 Å². The van der Waals surface area contributed by atoms with Crippen LogP contribution >= 0.6 is 11.3 Å². The van der Waals surface area contributed by atoms with Crippen molar-refractivity contribution in [3.63, 3.8) is 0 Å². The summed E-state index contributed by atoms with van der Waals surface area (Å²) in [7, 11) is 1.68. The van der Waals surface area contributed by atoms with Gasteiger partial charge in [0.05, 0.1) is 6.04 Å². The number of hydrogen-bond acceptors (Lipinski definition) is 4. The van der Waals surface area contributed by atoms with Gasteiger partial charge >= 0.3 is 0 Å². The largest absolute Gasteiger partial charge is 0.343 e. The zero-order chi connectivity index (χ0) is 17.8. The lowest BCUT2D eigenvalue weighted by molar-refractivity contribution is 0.0934. The van der Waals surface area contributed by atoms with Crippen molar-refractivity contribution < 1.29 is 9.59 Å². The first-order valence-electron chi connectivity index (χ1n) is 7.79. The topological polar surface area (TPSA) is 76.0 Å². The lowest BCUT2D eigenvalue weighted by atomic mass is 10.2. The Bertz CT molecular complexity index is 872. The maximum Gasteiger partial charge on any atom is 0.272 e. The van der Waals surface area contributed by atoms with E-state index < -0.39 is 0 Å². The molecule has 0 spiro atoms. The molecule has 0 saturated carbocycles. The second-order valence-corrected chi connectivity index (χ2v) is 6.55. The van der Waals surface area contributed by atoms with Crippen LogP contribution in [-0.4, -0.2) is 21.6 Å². The average molecular weight is 354 g/mol. The van der Waals surface area contributed by atoms with E-state index in [-0.39, 0.29) is 23.6 Å². The minimum Gasteiger partial charge on any atom is -0.343 e. The standard InChI is InChI=1S/C18H18N4O2S/c1-12(15-9-6-10-25-15)19-18(24)14-11-16(22(2)21-14)20-17(23)13-7-4-3-5-8-13/h3-12H,1-2H3,(H,19,24)(H,20,23). The molecule has 0 aliphatic heterocycles. The summed E-state index contributed by atoms with van der Waals surface area (Å²) in [5.41, 5.74) is 0.801. The number of amides is 2. The Morgan fingerprint density at radius 3 is 2.56 bits per heavy atom. The molecule has 0 radical (unpaired) electrons. The SMILES string of the molecule is CC(NC(=O)c1cc(NC(=O)c2ccccc2)n(C)n1)c1cccs1. The monoisotopic (exact) mass is 354 g/mol. The quantitative estimate of drug-likeness (QED) is 0.739. The number of hydrogen-bond donors (Lipinski definition) is 2. The van der Waals surface area contributed by atoms with Gasteiger partial charge in [-0.1, -0.05) is 24.3 Å². The van der Waals surface area contributed by atoms with Gasteiger partial charge in [0.2, 0.25) is 0 Å². The molecule has 7 heteroatoms. The van der Waals surface area contributed by atoms with Gasteiger partial charge in [-0.05, 0) is 30.5 Å². The first-order valence-corrected chi connectivity index (χ1v) is 8.67. The second kappa shape index (κ2) is 7.31. The summed E-state index contributed by atoms with van der Waals surface area (Å²) in [6.45, 7) is 1.92. The van der Waals surface area contributed by atoms with Gasteiger partial charge in [-0.15, -0.1) is 11.3 Å². The molecule has 2 amide bonds. The van der Waals surface area contributed by atoms with Crippen LogP contribution in [-0.2, 0) is 7.05 Å². The van der Waals surface area contributed by atoms with Crippen LogP contribution in [0.1, 0.15) is 38.7 Å². The van der Waals surface area contributed by atoms with Crippen molar-refractivity contribution in [3.8, 4) is 0 Å². The maximum absolute atomic E-state index is 12.4. The molecule has 2 aromatic heterocycles. The molecule has 3 rings (SSSR count). The van der Waals surface area contributed by atoms with Gasteiger partial charge in [0.25, 0.3) is 11.8 Å². The maximum atomic E-state index is 12.4. The second-order valence-electron chi connectivity index (χ2n) is 5.57. The number of carbonyl (C=O) groups excluding carboxylic acids is 2. The van der Waals surface area contributed by atoms with E-state index in [1.54, 1.807) is 48.7 Å². The summed E-state index contributed by atoms with van der Waals surface area (Å²) in [6.07, 6.45) is 0. The predicted octanol–water partition coefficient (Wildman–Crippen LogP) is 3.22. The number of benzene rings is 1. The highest BCUT2D eigenvalue weighted by Crippen LogP contribution is 2.19. The third-order valence-corrected chi connectivity index (χ3v) is 4.76. The fourth-order valence-corrected chi connectivity index (χ4v) is 3.09. The summed E-state index contributed by atoms with van der Waals surface area (Å²) in [5, 5.41) is 11.8. The van der Waals surface area contributed by atoms with Crippen LogP contribution in [0.4, 0.5) is 5.82 Å². The Labute approximate surface area is 149 Å². The molecule has 1 unspecified atom stereocenters. The summed E-state index contributed by atoms with van der Waals surface area (Å²) in [5.74, 6) is -0.0676. The average Bonchev–Trinajstić information content (AvgIpc) is 3.26. The smallest absolute Gasteiger partial charge is 0.272 e.